The van der Waals surface area contributed by atoms with Crippen LogP contribution in [0.4, 0.5) is 0 Å². The molecule has 0 fully saturated rings. The molecule has 0 aliphatic rings. The van der Waals surface area contributed by atoms with E-state index in [0.717, 1.165) is 21.7 Å². The molecule has 2 aromatic carbocycles. The molecule has 2 aromatic heterocycles. The van der Waals surface area contributed by atoms with Gasteiger partial charge in [0.25, 0.3) is 0 Å². The van der Waals surface area contributed by atoms with Crippen LogP contribution in [0.1, 0.15) is 0 Å². The number of methoxy groups -OCH3 is 1. The third-order valence-corrected chi connectivity index (χ3v) is 4.66. The zero-order chi connectivity index (χ0) is 16.5. The molecule has 24 heavy (non-hydrogen) atoms. The molecule has 1 N–H and O–H groups in total. The minimum atomic E-state index is 0.0842. The molecule has 0 atom stereocenters. The number of aromatic nitrogens is 1. The summed E-state index contributed by atoms with van der Waals surface area (Å²) in [6, 6.07) is 17.6. The lowest BCUT2D eigenvalue weighted by atomic mass is 10.1. The minimum absolute atomic E-state index is 0.0842. The van der Waals surface area contributed by atoms with E-state index in [9.17, 15) is 0 Å². The largest absolute Gasteiger partial charge is 0.493 e. The molecule has 118 valence electrons. The molecule has 2 heterocycles. The molecule has 0 aliphatic heterocycles. The molecule has 4 nitrogen and oxygen atoms in total. The first-order valence-corrected chi connectivity index (χ1v) is 8.31. The van der Waals surface area contributed by atoms with Crippen LogP contribution in [0.25, 0.3) is 32.8 Å². The van der Waals surface area contributed by atoms with Gasteiger partial charge in [-0.15, -0.1) is 11.3 Å². The Balaban J connectivity index is 1.84. The lowest BCUT2D eigenvalue weighted by Crippen LogP contribution is -2.03. The van der Waals surface area contributed by atoms with Gasteiger partial charge >= 0.3 is 0 Å². The number of ether oxygens (including phenoxy) is 1. The van der Waals surface area contributed by atoms with E-state index in [-0.39, 0.29) is 5.55 Å². The van der Waals surface area contributed by atoms with Crippen LogP contribution in [0.15, 0.2) is 64.4 Å². The second-order valence-electron chi connectivity index (χ2n) is 5.27. The van der Waals surface area contributed by atoms with E-state index in [4.69, 9.17) is 14.6 Å². The van der Waals surface area contributed by atoms with Crippen molar-refractivity contribution in [1.82, 2.24) is 4.98 Å². The summed E-state index contributed by atoms with van der Waals surface area (Å²) >= 11 is 1.51. The number of benzene rings is 2. The van der Waals surface area contributed by atoms with Crippen molar-refractivity contribution in [3.8, 4) is 27.6 Å². The number of hydrogen-bond acceptors (Lipinski definition) is 5. The molecular weight excluding hydrogens is 320 g/mol. The van der Waals surface area contributed by atoms with Crippen molar-refractivity contribution >= 4 is 22.3 Å². The monoisotopic (exact) mass is 334 g/mol. The van der Waals surface area contributed by atoms with Gasteiger partial charge in [0.05, 0.1) is 18.4 Å². The minimum Gasteiger partial charge on any atom is -0.493 e. The van der Waals surface area contributed by atoms with Gasteiger partial charge in [0.15, 0.2) is 11.3 Å². The predicted octanol–water partition coefficient (Wildman–Crippen LogP) is 4.71. The summed E-state index contributed by atoms with van der Waals surface area (Å²) in [5.74, 6) is 0.622. The fourth-order valence-electron chi connectivity index (χ4n) is 2.59. The third kappa shape index (κ3) is 2.49. The summed E-state index contributed by atoms with van der Waals surface area (Å²) in [7, 11) is 1.59. The van der Waals surface area contributed by atoms with Crippen LogP contribution in [-0.4, -0.2) is 12.1 Å². The van der Waals surface area contributed by atoms with Gasteiger partial charge in [0.2, 0.25) is 5.55 Å². The topological polar surface area (TPSA) is 59.1 Å². The second-order valence-corrected chi connectivity index (χ2v) is 6.13. The van der Waals surface area contributed by atoms with E-state index in [1.807, 2.05) is 60.0 Å². The van der Waals surface area contributed by atoms with Crippen LogP contribution < -0.4 is 10.3 Å². The quantitative estimate of drug-likeness (QED) is 0.590. The van der Waals surface area contributed by atoms with E-state index in [0.29, 0.717) is 16.9 Å². The van der Waals surface area contributed by atoms with E-state index in [1.165, 1.54) is 11.3 Å². The predicted molar refractivity (Wildman–Crippen MR) is 95.2 cm³/mol. The SMILES string of the molecule is COc1cccc2cc(-c3nc(-c4ccccc4)cs3)c(=N)oc12. The molecular formula is C19H14N2O2S. The van der Waals surface area contributed by atoms with Crippen molar-refractivity contribution in [2.75, 3.05) is 7.11 Å². The Labute approximate surface area is 142 Å². The van der Waals surface area contributed by atoms with E-state index >= 15 is 0 Å². The summed E-state index contributed by atoms with van der Waals surface area (Å²) in [6.45, 7) is 0. The average molecular weight is 334 g/mol. The molecule has 0 aliphatic carbocycles. The van der Waals surface area contributed by atoms with Crippen LogP contribution in [0.3, 0.4) is 0 Å². The Hall–Kier alpha value is -2.92. The lowest BCUT2D eigenvalue weighted by Gasteiger charge is -2.05. The van der Waals surface area contributed by atoms with Crippen LogP contribution in [0.5, 0.6) is 5.75 Å². The zero-order valence-corrected chi connectivity index (χ0v) is 13.8. The maximum absolute atomic E-state index is 8.22. The lowest BCUT2D eigenvalue weighted by molar-refractivity contribution is 0.405. The van der Waals surface area contributed by atoms with Gasteiger partial charge in [-0.1, -0.05) is 42.5 Å². The number of thiazole rings is 1. The molecule has 4 aromatic rings. The molecule has 0 spiro atoms. The fraction of sp³-hybridized carbons (Fsp3) is 0.0526. The Kier molecular flexibility index (Phi) is 3.63. The molecule has 0 radical (unpaired) electrons. The summed E-state index contributed by atoms with van der Waals surface area (Å²) < 4.78 is 11.0. The smallest absolute Gasteiger partial charge is 0.222 e. The second kappa shape index (κ2) is 5.94. The summed E-state index contributed by atoms with van der Waals surface area (Å²) in [4.78, 5) is 4.67. The molecule has 0 saturated carbocycles. The molecule has 0 saturated heterocycles. The van der Waals surface area contributed by atoms with Crippen molar-refractivity contribution in [1.29, 1.82) is 5.41 Å². The Morgan fingerprint density at radius 2 is 1.92 bits per heavy atom. The van der Waals surface area contributed by atoms with E-state index < -0.39 is 0 Å². The maximum atomic E-state index is 8.22. The highest BCUT2D eigenvalue weighted by molar-refractivity contribution is 7.13. The number of nitrogens with zero attached hydrogens (tertiary/aromatic N) is 1. The van der Waals surface area contributed by atoms with Crippen molar-refractivity contribution in [3.63, 3.8) is 0 Å². The first-order chi connectivity index (χ1) is 11.8. The summed E-state index contributed by atoms with van der Waals surface area (Å²) in [5.41, 5.74) is 3.31. The Morgan fingerprint density at radius 3 is 2.71 bits per heavy atom. The van der Waals surface area contributed by atoms with E-state index in [1.54, 1.807) is 7.11 Å². The standard InChI is InChI=1S/C19H14N2O2S/c1-22-16-9-5-8-13-10-14(18(20)23-17(13)16)19-21-15(11-24-19)12-6-3-2-4-7-12/h2-11,20H,1H3. The number of nitrogens with one attached hydrogen (secondary N) is 1. The van der Waals surface area contributed by atoms with Crippen LogP contribution in [0.2, 0.25) is 0 Å². The molecule has 0 bridgehead atoms. The van der Waals surface area contributed by atoms with Gasteiger partial charge in [-0.2, -0.15) is 0 Å². The van der Waals surface area contributed by atoms with Gasteiger partial charge < -0.3 is 9.15 Å². The van der Waals surface area contributed by atoms with Crippen LogP contribution in [-0.2, 0) is 0 Å². The highest BCUT2D eigenvalue weighted by atomic mass is 32.1. The average Bonchev–Trinajstić information content (AvgIpc) is 3.11. The van der Waals surface area contributed by atoms with E-state index in [2.05, 4.69) is 4.98 Å². The van der Waals surface area contributed by atoms with Gasteiger partial charge in [-0.3, -0.25) is 5.41 Å². The first kappa shape index (κ1) is 14.7. The first-order valence-electron chi connectivity index (χ1n) is 7.43. The maximum Gasteiger partial charge on any atom is 0.222 e. The van der Waals surface area contributed by atoms with Crippen molar-refractivity contribution in [2.45, 2.75) is 0 Å². The summed E-state index contributed by atoms with van der Waals surface area (Å²) in [5, 5.41) is 11.9. The highest BCUT2D eigenvalue weighted by Gasteiger charge is 2.12. The van der Waals surface area contributed by atoms with Crippen LogP contribution in [0, 0.1) is 5.41 Å². The zero-order valence-electron chi connectivity index (χ0n) is 12.9. The normalized spacial score (nSPS) is 10.9. The van der Waals surface area contributed by atoms with Crippen molar-refractivity contribution in [2.24, 2.45) is 0 Å². The third-order valence-electron chi connectivity index (χ3n) is 3.78. The van der Waals surface area contributed by atoms with Gasteiger partial charge in [0, 0.05) is 16.3 Å². The summed E-state index contributed by atoms with van der Waals surface area (Å²) in [6.07, 6.45) is 0. The Bertz CT molecular complexity index is 1070. The van der Waals surface area contributed by atoms with Gasteiger partial charge in [-0.25, -0.2) is 4.98 Å². The fourth-order valence-corrected chi connectivity index (χ4v) is 3.43. The molecule has 4 rings (SSSR count). The van der Waals surface area contributed by atoms with Gasteiger partial charge in [-0.05, 0) is 12.1 Å². The number of para-hydroxylation sites is 1. The number of hydrogen-bond donors (Lipinski definition) is 1. The van der Waals surface area contributed by atoms with Crippen LogP contribution >= 0.6 is 11.3 Å². The van der Waals surface area contributed by atoms with Gasteiger partial charge in [0.1, 0.15) is 5.01 Å². The number of fused-ring (bicyclic) bond motifs is 1. The number of rotatable bonds is 3. The van der Waals surface area contributed by atoms with Crippen molar-refractivity contribution in [3.05, 3.63) is 65.5 Å². The highest BCUT2D eigenvalue weighted by Crippen LogP contribution is 2.30. The molecule has 0 amide bonds. The van der Waals surface area contributed by atoms with Crippen molar-refractivity contribution < 1.29 is 9.15 Å². The molecule has 0 unspecified atom stereocenters. The molecule has 5 heteroatoms. The Morgan fingerprint density at radius 1 is 1.08 bits per heavy atom.